The number of ether oxygens (including phenoxy) is 1. The number of aryl methyl sites for hydroxylation is 1. The van der Waals surface area contributed by atoms with Gasteiger partial charge in [0.05, 0.1) is 11.1 Å². The van der Waals surface area contributed by atoms with Crippen molar-refractivity contribution >= 4 is 51.0 Å². The number of halogens is 2. The van der Waals surface area contributed by atoms with Crippen LogP contribution in [-0.4, -0.2) is 38.5 Å². The third-order valence-corrected chi connectivity index (χ3v) is 6.03. The number of hydrogen-bond acceptors (Lipinski definition) is 5. The topological polar surface area (TPSA) is 72.5 Å². The summed E-state index contributed by atoms with van der Waals surface area (Å²) in [5.41, 5.74) is 0.576. The molecule has 1 atom stereocenters. The van der Waals surface area contributed by atoms with E-state index in [-0.39, 0.29) is 16.0 Å². The molecule has 0 spiro atoms. The van der Waals surface area contributed by atoms with Gasteiger partial charge in [0.15, 0.2) is 0 Å². The Morgan fingerprint density at radius 2 is 1.92 bits per heavy atom. The minimum atomic E-state index is -3.99. The average Bonchev–Trinajstić information content (AvgIpc) is 2.46. The minimum absolute atomic E-state index is 0.000978. The van der Waals surface area contributed by atoms with Gasteiger partial charge in [-0.25, -0.2) is 8.42 Å². The lowest BCUT2D eigenvalue weighted by Crippen LogP contribution is -2.43. The van der Waals surface area contributed by atoms with Gasteiger partial charge in [0.2, 0.25) is 10.0 Å². The minimum Gasteiger partial charge on any atom is -0.462 e. The van der Waals surface area contributed by atoms with Gasteiger partial charge in [0.1, 0.15) is 10.9 Å². The van der Waals surface area contributed by atoms with Gasteiger partial charge in [-0.05, 0) is 56.9 Å². The molecule has 0 saturated carbocycles. The van der Waals surface area contributed by atoms with Gasteiger partial charge >= 0.3 is 5.97 Å². The summed E-state index contributed by atoms with van der Waals surface area (Å²) in [5, 5.41) is 0.371. The summed E-state index contributed by atoms with van der Waals surface area (Å²) in [6.45, 7) is 5.09. The van der Waals surface area contributed by atoms with E-state index in [1.54, 1.807) is 20.8 Å². The molecule has 0 aliphatic rings. The van der Waals surface area contributed by atoms with Crippen molar-refractivity contribution in [2.75, 3.05) is 12.0 Å². The zero-order chi connectivity index (χ0) is 18.5. The van der Waals surface area contributed by atoms with Crippen LogP contribution in [0.2, 0.25) is 10.0 Å². The second-order valence-electron chi connectivity index (χ2n) is 5.47. The Hall–Kier alpha value is -0.470. The van der Waals surface area contributed by atoms with Crippen LogP contribution in [0.1, 0.15) is 25.8 Å². The van der Waals surface area contributed by atoms with Crippen molar-refractivity contribution in [3.8, 4) is 0 Å². The van der Waals surface area contributed by atoms with Gasteiger partial charge in [-0.3, -0.25) is 4.79 Å². The monoisotopic (exact) mass is 413 g/mol. The van der Waals surface area contributed by atoms with E-state index in [4.69, 9.17) is 27.9 Å². The Bertz CT molecular complexity index is 693. The maximum absolute atomic E-state index is 12.6. The lowest BCUT2D eigenvalue weighted by atomic mass is 10.2. The Balaban J connectivity index is 3.11. The van der Waals surface area contributed by atoms with Crippen LogP contribution >= 0.6 is 35.0 Å². The predicted molar refractivity (Wildman–Crippen MR) is 99.5 cm³/mol. The Labute approximate surface area is 157 Å². The summed E-state index contributed by atoms with van der Waals surface area (Å²) in [6, 6.07) is 1.78. The number of nitrogens with one attached hydrogen (secondary N) is 1. The van der Waals surface area contributed by atoms with Crippen molar-refractivity contribution in [3.05, 3.63) is 27.7 Å². The molecule has 1 N–H and O–H groups in total. The molecule has 136 valence electrons. The Morgan fingerprint density at radius 3 is 2.46 bits per heavy atom. The number of thioether (sulfide) groups is 1. The molecule has 0 aromatic heterocycles. The summed E-state index contributed by atoms with van der Waals surface area (Å²) in [4.78, 5) is 12.0. The molecule has 1 unspecified atom stereocenters. The first-order chi connectivity index (χ1) is 11.1. The third-order valence-electron chi connectivity index (χ3n) is 3.05. The van der Waals surface area contributed by atoms with Gasteiger partial charge in [-0.15, -0.1) is 0 Å². The number of carbonyl (C=O) groups is 1. The maximum atomic E-state index is 12.6. The first-order valence-electron chi connectivity index (χ1n) is 7.26. The van der Waals surface area contributed by atoms with E-state index >= 15 is 0 Å². The van der Waals surface area contributed by atoms with Crippen molar-refractivity contribution in [1.82, 2.24) is 4.72 Å². The lowest BCUT2D eigenvalue weighted by Gasteiger charge is -2.19. The normalized spacial score (nSPS) is 13.1. The number of benzene rings is 1. The number of carbonyl (C=O) groups excluding carboxylic acids is 1. The summed E-state index contributed by atoms with van der Waals surface area (Å²) in [5.74, 6) is -0.00209. The summed E-state index contributed by atoms with van der Waals surface area (Å²) in [7, 11) is -3.99. The van der Waals surface area contributed by atoms with E-state index in [0.29, 0.717) is 22.8 Å². The molecular formula is C15H21Cl2NO4S2. The number of rotatable bonds is 8. The zero-order valence-corrected chi connectivity index (χ0v) is 17.1. The third kappa shape index (κ3) is 6.11. The molecule has 0 aliphatic carbocycles. The molecule has 0 heterocycles. The molecule has 0 radical (unpaired) electrons. The first-order valence-corrected chi connectivity index (χ1v) is 10.9. The highest BCUT2D eigenvalue weighted by Gasteiger charge is 2.29. The van der Waals surface area contributed by atoms with Gasteiger partial charge in [0.25, 0.3) is 0 Å². The molecule has 1 aromatic rings. The zero-order valence-electron chi connectivity index (χ0n) is 13.9. The molecule has 1 aromatic carbocycles. The fourth-order valence-electron chi connectivity index (χ4n) is 1.86. The van der Waals surface area contributed by atoms with E-state index in [1.165, 1.54) is 23.9 Å². The van der Waals surface area contributed by atoms with Crippen LogP contribution < -0.4 is 4.72 Å². The average molecular weight is 414 g/mol. The molecule has 0 saturated heterocycles. The molecule has 1 rings (SSSR count). The Morgan fingerprint density at radius 1 is 1.29 bits per heavy atom. The predicted octanol–water partition coefficient (Wildman–Crippen LogP) is 3.65. The second kappa shape index (κ2) is 9.29. The fraction of sp³-hybridized carbons (Fsp3) is 0.533. The van der Waals surface area contributed by atoms with Crippen LogP contribution in [0.5, 0.6) is 0 Å². The largest absolute Gasteiger partial charge is 0.462 e. The summed E-state index contributed by atoms with van der Waals surface area (Å²) in [6.07, 6.45) is 1.86. The van der Waals surface area contributed by atoms with E-state index < -0.39 is 22.0 Å². The molecule has 5 nitrogen and oxygen atoms in total. The van der Waals surface area contributed by atoms with Gasteiger partial charge in [-0.2, -0.15) is 16.5 Å². The number of sulfonamides is 1. The van der Waals surface area contributed by atoms with E-state index in [1.807, 2.05) is 6.26 Å². The van der Waals surface area contributed by atoms with Crippen LogP contribution in [0.4, 0.5) is 0 Å². The standard InChI is InChI=1S/C15H21Cl2NO4S2/c1-9(2)22-15(19)13(5-6-23-4)18-24(20,21)14-7-10(3)11(16)8-12(14)17/h7-9,13,18H,5-6H2,1-4H3. The van der Waals surface area contributed by atoms with E-state index in [0.717, 1.165) is 0 Å². The molecule has 0 fully saturated rings. The summed E-state index contributed by atoms with van der Waals surface area (Å²) < 4.78 is 32.8. The van der Waals surface area contributed by atoms with Crippen molar-refractivity contribution in [2.24, 2.45) is 0 Å². The van der Waals surface area contributed by atoms with Crippen LogP contribution in [0, 0.1) is 6.92 Å². The van der Waals surface area contributed by atoms with Crippen molar-refractivity contribution in [3.63, 3.8) is 0 Å². The van der Waals surface area contributed by atoms with E-state index in [2.05, 4.69) is 4.72 Å². The summed E-state index contributed by atoms with van der Waals surface area (Å²) >= 11 is 13.5. The lowest BCUT2D eigenvalue weighted by molar-refractivity contribution is -0.149. The van der Waals surface area contributed by atoms with Gasteiger partial charge < -0.3 is 4.74 Å². The molecule has 0 aliphatic heterocycles. The highest BCUT2D eigenvalue weighted by atomic mass is 35.5. The molecule has 24 heavy (non-hydrogen) atoms. The quantitative estimate of drug-likeness (QED) is 0.658. The second-order valence-corrected chi connectivity index (χ2v) is 8.96. The van der Waals surface area contributed by atoms with Gasteiger partial charge in [-0.1, -0.05) is 23.2 Å². The Kier molecular flexibility index (Phi) is 8.35. The molecule has 0 bridgehead atoms. The maximum Gasteiger partial charge on any atom is 0.324 e. The SMILES string of the molecule is CSCCC(NS(=O)(=O)c1cc(C)c(Cl)cc1Cl)C(=O)OC(C)C. The fourth-order valence-corrected chi connectivity index (χ4v) is 4.38. The number of esters is 1. The van der Waals surface area contributed by atoms with Crippen LogP contribution in [-0.2, 0) is 19.6 Å². The van der Waals surface area contributed by atoms with Crippen molar-refractivity contribution < 1.29 is 17.9 Å². The number of hydrogen-bond donors (Lipinski definition) is 1. The van der Waals surface area contributed by atoms with Gasteiger partial charge in [0, 0.05) is 5.02 Å². The van der Waals surface area contributed by atoms with Crippen LogP contribution in [0.3, 0.4) is 0 Å². The van der Waals surface area contributed by atoms with Crippen LogP contribution in [0.25, 0.3) is 0 Å². The molecule has 9 heteroatoms. The van der Waals surface area contributed by atoms with Crippen molar-refractivity contribution in [1.29, 1.82) is 0 Å². The molecular weight excluding hydrogens is 393 g/mol. The first kappa shape index (κ1) is 21.6. The highest BCUT2D eigenvalue weighted by Crippen LogP contribution is 2.28. The smallest absolute Gasteiger partial charge is 0.324 e. The van der Waals surface area contributed by atoms with Crippen LogP contribution in [0.15, 0.2) is 17.0 Å². The highest BCUT2D eigenvalue weighted by molar-refractivity contribution is 7.98. The van der Waals surface area contributed by atoms with Crippen molar-refractivity contribution in [2.45, 2.75) is 44.2 Å². The molecule has 0 amide bonds. The van der Waals surface area contributed by atoms with E-state index in [9.17, 15) is 13.2 Å².